The number of hydrogen-bond donors (Lipinski definition) is 1. The van der Waals surface area contributed by atoms with Gasteiger partial charge in [0.05, 0.1) is 0 Å². The van der Waals surface area contributed by atoms with Gasteiger partial charge in [0.2, 0.25) is 0 Å². The molecule has 1 aromatic rings. The van der Waals surface area contributed by atoms with Crippen molar-refractivity contribution in [3.05, 3.63) is 22.4 Å². The van der Waals surface area contributed by atoms with E-state index in [1.807, 2.05) is 11.3 Å². The van der Waals surface area contributed by atoms with Gasteiger partial charge in [0.1, 0.15) is 0 Å². The third-order valence-electron chi connectivity index (χ3n) is 5.93. The van der Waals surface area contributed by atoms with Crippen LogP contribution in [0, 0.1) is 29.6 Å². The molecule has 4 bridgehead atoms. The fourth-order valence-electron chi connectivity index (χ4n) is 5.59. The molecule has 4 aliphatic carbocycles. The highest BCUT2D eigenvalue weighted by Gasteiger charge is 2.50. The lowest BCUT2D eigenvalue weighted by Gasteiger charge is -2.56. The Morgan fingerprint density at radius 2 is 1.78 bits per heavy atom. The molecule has 5 rings (SSSR count). The predicted molar refractivity (Wildman–Crippen MR) is 76.6 cm³/mol. The second kappa shape index (κ2) is 4.35. The summed E-state index contributed by atoms with van der Waals surface area (Å²) in [6.45, 7) is 0.855. The molecule has 0 aliphatic heterocycles. The standard InChI is InChI=1S/C16H23NS/c17-9-14(15-2-1-3-18-15)16-12-5-10-4-11(7-12)8-13(16)6-10/h1-3,10-14,16H,4-9,17H2. The fourth-order valence-corrected chi connectivity index (χ4v) is 6.49. The smallest absolute Gasteiger partial charge is 0.00917 e. The molecule has 0 aromatic carbocycles. The zero-order chi connectivity index (χ0) is 12.1. The Morgan fingerprint density at radius 3 is 2.28 bits per heavy atom. The first-order valence-corrected chi connectivity index (χ1v) is 8.46. The summed E-state index contributed by atoms with van der Waals surface area (Å²) in [5.74, 6) is 5.70. The van der Waals surface area contributed by atoms with Crippen molar-refractivity contribution in [2.24, 2.45) is 35.3 Å². The van der Waals surface area contributed by atoms with Crippen LogP contribution < -0.4 is 5.73 Å². The third kappa shape index (κ3) is 1.69. The first kappa shape index (κ1) is 11.5. The minimum Gasteiger partial charge on any atom is -0.330 e. The molecule has 2 heteroatoms. The molecule has 18 heavy (non-hydrogen) atoms. The molecule has 0 saturated heterocycles. The first-order valence-electron chi connectivity index (χ1n) is 7.58. The average molecular weight is 261 g/mol. The second-order valence-corrected chi connectivity index (χ2v) is 7.84. The van der Waals surface area contributed by atoms with Gasteiger partial charge < -0.3 is 5.73 Å². The van der Waals surface area contributed by atoms with Crippen LogP contribution in [0.1, 0.15) is 42.9 Å². The van der Waals surface area contributed by atoms with Crippen molar-refractivity contribution in [1.29, 1.82) is 0 Å². The summed E-state index contributed by atoms with van der Waals surface area (Å²) < 4.78 is 0. The molecule has 4 fully saturated rings. The van der Waals surface area contributed by atoms with Gasteiger partial charge >= 0.3 is 0 Å². The SMILES string of the molecule is NCC(c1cccs1)C1C2CC3CC(C2)CC1C3. The molecule has 4 aliphatic rings. The van der Waals surface area contributed by atoms with Gasteiger partial charge in [-0.1, -0.05) is 6.07 Å². The molecule has 0 radical (unpaired) electrons. The summed E-state index contributed by atoms with van der Waals surface area (Å²) in [5, 5.41) is 2.22. The first-order chi connectivity index (χ1) is 8.85. The summed E-state index contributed by atoms with van der Waals surface area (Å²) >= 11 is 1.92. The van der Waals surface area contributed by atoms with Gasteiger partial charge in [0.25, 0.3) is 0 Å². The van der Waals surface area contributed by atoms with Crippen molar-refractivity contribution in [2.45, 2.75) is 38.0 Å². The summed E-state index contributed by atoms with van der Waals surface area (Å²) in [7, 11) is 0. The Labute approximate surface area is 114 Å². The van der Waals surface area contributed by atoms with Crippen LogP contribution in [0.25, 0.3) is 0 Å². The van der Waals surface area contributed by atoms with Crippen molar-refractivity contribution in [3.63, 3.8) is 0 Å². The van der Waals surface area contributed by atoms with Crippen molar-refractivity contribution < 1.29 is 0 Å². The van der Waals surface area contributed by atoms with Gasteiger partial charge in [0, 0.05) is 17.3 Å². The van der Waals surface area contributed by atoms with E-state index in [0.717, 1.165) is 36.1 Å². The Bertz CT molecular complexity index is 383. The topological polar surface area (TPSA) is 26.0 Å². The van der Waals surface area contributed by atoms with Gasteiger partial charge in [-0.2, -0.15) is 0 Å². The van der Waals surface area contributed by atoms with Crippen molar-refractivity contribution in [2.75, 3.05) is 6.54 Å². The number of hydrogen-bond acceptors (Lipinski definition) is 2. The molecule has 1 nitrogen and oxygen atoms in total. The number of thiophene rings is 1. The average Bonchev–Trinajstić information content (AvgIpc) is 2.86. The van der Waals surface area contributed by atoms with Crippen LogP contribution in [-0.4, -0.2) is 6.54 Å². The lowest BCUT2D eigenvalue weighted by molar-refractivity contribution is -0.0463. The van der Waals surface area contributed by atoms with E-state index < -0.39 is 0 Å². The van der Waals surface area contributed by atoms with E-state index in [9.17, 15) is 0 Å². The Hall–Kier alpha value is -0.340. The van der Waals surface area contributed by atoms with E-state index in [0.29, 0.717) is 5.92 Å². The predicted octanol–water partition coefficient (Wildman–Crippen LogP) is 3.86. The molecule has 2 N–H and O–H groups in total. The minimum absolute atomic E-state index is 0.653. The highest BCUT2D eigenvalue weighted by atomic mass is 32.1. The molecule has 1 aromatic heterocycles. The highest BCUT2D eigenvalue weighted by molar-refractivity contribution is 7.10. The van der Waals surface area contributed by atoms with Crippen LogP contribution in [0.3, 0.4) is 0 Å². The lowest BCUT2D eigenvalue weighted by Crippen LogP contribution is -2.48. The van der Waals surface area contributed by atoms with E-state index in [4.69, 9.17) is 5.73 Å². The lowest BCUT2D eigenvalue weighted by atomic mass is 9.49. The summed E-state index contributed by atoms with van der Waals surface area (Å²) in [4.78, 5) is 1.55. The summed E-state index contributed by atoms with van der Waals surface area (Å²) in [5.41, 5.74) is 6.15. The van der Waals surface area contributed by atoms with E-state index >= 15 is 0 Å². The zero-order valence-electron chi connectivity index (χ0n) is 10.9. The second-order valence-electron chi connectivity index (χ2n) is 6.87. The van der Waals surface area contributed by atoms with Crippen LogP contribution in [-0.2, 0) is 0 Å². The van der Waals surface area contributed by atoms with Crippen LogP contribution in [0.4, 0.5) is 0 Å². The molecular formula is C16H23NS. The summed E-state index contributed by atoms with van der Waals surface area (Å²) in [6.07, 6.45) is 7.60. The summed E-state index contributed by atoms with van der Waals surface area (Å²) in [6, 6.07) is 4.51. The quantitative estimate of drug-likeness (QED) is 0.878. The third-order valence-corrected chi connectivity index (χ3v) is 6.93. The Kier molecular flexibility index (Phi) is 2.77. The minimum atomic E-state index is 0.653. The molecule has 1 heterocycles. The maximum absolute atomic E-state index is 6.15. The molecule has 0 spiro atoms. The monoisotopic (exact) mass is 261 g/mol. The van der Waals surface area contributed by atoms with Crippen LogP contribution in [0.2, 0.25) is 0 Å². The molecule has 0 amide bonds. The van der Waals surface area contributed by atoms with Crippen LogP contribution >= 0.6 is 11.3 Å². The van der Waals surface area contributed by atoms with Gasteiger partial charge in [0.15, 0.2) is 0 Å². The van der Waals surface area contributed by atoms with E-state index in [-0.39, 0.29) is 0 Å². The zero-order valence-corrected chi connectivity index (χ0v) is 11.7. The van der Waals surface area contributed by atoms with Crippen molar-refractivity contribution >= 4 is 11.3 Å². The van der Waals surface area contributed by atoms with E-state index in [1.165, 1.54) is 25.7 Å². The van der Waals surface area contributed by atoms with Gasteiger partial charge in [-0.25, -0.2) is 0 Å². The number of nitrogens with two attached hydrogens (primary N) is 1. The van der Waals surface area contributed by atoms with Crippen molar-refractivity contribution in [3.8, 4) is 0 Å². The van der Waals surface area contributed by atoms with Gasteiger partial charge in [-0.15, -0.1) is 11.3 Å². The van der Waals surface area contributed by atoms with E-state index in [1.54, 1.807) is 11.3 Å². The Balaban J connectivity index is 1.64. The van der Waals surface area contributed by atoms with Crippen LogP contribution in [0.5, 0.6) is 0 Å². The fraction of sp³-hybridized carbons (Fsp3) is 0.750. The molecule has 1 atom stereocenters. The van der Waals surface area contributed by atoms with Gasteiger partial charge in [-0.05, 0) is 73.1 Å². The number of rotatable bonds is 3. The molecular weight excluding hydrogens is 238 g/mol. The maximum Gasteiger partial charge on any atom is 0.00917 e. The molecule has 4 saturated carbocycles. The maximum atomic E-state index is 6.15. The normalized spacial score (nSPS) is 43.3. The van der Waals surface area contributed by atoms with Crippen LogP contribution in [0.15, 0.2) is 17.5 Å². The Morgan fingerprint density at radius 1 is 1.11 bits per heavy atom. The highest BCUT2D eigenvalue weighted by Crippen LogP contribution is 2.59. The van der Waals surface area contributed by atoms with Gasteiger partial charge in [-0.3, -0.25) is 0 Å². The molecule has 1 unspecified atom stereocenters. The molecule has 98 valence electrons. The van der Waals surface area contributed by atoms with Crippen molar-refractivity contribution in [1.82, 2.24) is 0 Å². The largest absolute Gasteiger partial charge is 0.330 e. The van der Waals surface area contributed by atoms with E-state index in [2.05, 4.69) is 17.5 Å².